The average molecular weight is 494 g/mol. The molecule has 7 rings (SSSR count). The van der Waals surface area contributed by atoms with Crippen LogP contribution in [-0.4, -0.2) is 86.2 Å². The van der Waals surface area contributed by atoms with Gasteiger partial charge in [0, 0.05) is 68.1 Å². The van der Waals surface area contributed by atoms with E-state index in [-0.39, 0.29) is 0 Å². The molecule has 37 heavy (non-hydrogen) atoms. The molecule has 2 aliphatic rings. The van der Waals surface area contributed by atoms with E-state index in [1.165, 1.54) is 37.2 Å². The molecule has 0 bridgehead atoms. The van der Waals surface area contributed by atoms with Gasteiger partial charge in [-0.1, -0.05) is 0 Å². The zero-order valence-electron chi connectivity index (χ0n) is 21.1. The van der Waals surface area contributed by atoms with Gasteiger partial charge < -0.3 is 14.8 Å². The number of hydrogen-bond donors (Lipinski definition) is 2. The predicted octanol–water partition coefficient (Wildman–Crippen LogP) is 3.91. The number of likely N-dealkylation sites (tertiary alicyclic amines) is 1. The van der Waals surface area contributed by atoms with Crippen LogP contribution in [0.4, 0.5) is 5.69 Å². The lowest BCUT2D eigenvalue weighted by Gasteiger charge is -2.34. The lowest BCUT2D eigenvalue weighted by atomic mass is 10.1. The van der Waals surface area contributed by atoms with E-state index in [1.807, 2.05) is 18.6 Å². The Morgan fingerprint density at radius 2 is 1.73 bits per heavy atom. The molecule has 2 aliphatic heterocycles. The summed E-state index contributed by atoms with van der Waals surface area (Å²) in [6.45, 7) is 7.51. The molecule has 2 fully saturated rings. The van der Waals surface area contributed by atoms with Gasteiger partial charge in [0.2, 0.25) is 0 Å². The quantitative estimate of drug-likeness (QED) is 0.383. The van der Waals surface area contributed by atoms with Gasteiger partial charge in [-0.05, 0) is 68.9 Å². The highest BCUT2D eigenvalue weighted by atomic mass is 15.2. The van der Waals surface area contributed by atoms with E-state index in [0.717, 1.165) is 77.4 Å². The molecule has 0 radical (unpaired) electrons. The second kappa shape index (κ2) is 9.24. The second-order valence-electron chi connectivity index (χ2n) is 10.3. The molecule has 0 saturated carbocycles. The third-order valence-electron chi connectivity index (χ3n) is 7.71. The number of anilines is 1. The van der Waals surface area contributed by atoms with Gasteiger partial charge in [-0.3, -0.25) is 15.0 Å². The van der Waals surface area contributed by atoms with Crippen molar-refractivity contribution in [2.24, 2.45) is 0 Å². The molecule has 0 spiro atoms. The fourth-order valence-electron chi connectivity index (χ4n) is 5.54. The number of imidazole rings is 1. The van der Waals surface area contributed by atoms with Crippen LogP contribution in [0.5, 0.6) is 0 Å². The Morgan fingerprint density at radius 1 is 0.892 bits per heavy atom. The van der Waals surface area contributed by atoms with Crippen molar-refractivity contribution in [1.82, 2.24) is 39.9 Å². The molecule has 9 nitrogen and oxygen atoms in total. The number of aromatic amines is 2. The molecule has 6 heterocycles. The highest BCUT2D eigenvalue weighted by Crippen LogP contribution is 2.30. The molecule has 5 aromatic rings. The van der Waals surface area contributed by atoms with Crippen molar-refractivity contribution in [2.45, 2.75) is 19.4 Å². The topological polar surface area (TPSA) is 92.9 Å². The van der Waals surface area contributed by atoms with E-state index in [0.29, 0.717) is 0 Å². The standard InChI is InChI=1S/C28H31N9/c1-35-8-10-37(11-9-35)22-4-5-24-25(14-22)32-28(31-24)26-23-13-21(17-30-27(23)34-33-26)20-12-19(15-29-16-20)18-36-6-2-3-7-36/h4-5,12-17H,2-3,6-11,18H2,1H3,(H,31,32)(H,30,33,34). The van der Waals surface area contributed by atoms with Crippen LogP contribution in [0.1, 0.15) is 18.4 Å². The first-order chi connectivity index (χ1) is 18.2. The maximum Gasteiger partial charge on any atom is 0.159 e. The average Bonchev–Trinajstić information content (AvgIpc) is 3.68. The zero-order chi connectivity index (χ0) is 24.8. The zero-order valence-corrected chi connectivity index (χ0v) is 21.1. The third-order valence-corrected chi connectivity index (χ3v) is 7.71. The summed E-state index contributed by atoms with van der Waals surface area (Å²) in [6, 6.07) is 10.8. The summed E-state index contributed by atoms with van der Waals surface area (Å²) < 4.78 is 0. The van der Waals surface area contributed by atoms with Gasteiger partial charge in [-0.25, -0.2) is 9.97 Å². The number of pyridine rings is 2. The fraction of sp³-hybridized carbons (Fsp3) is 0.357. The molecular formula is C28H31N9. The number of piperazine rings is 1. The first-order valence-corrected chi connectivity index (χ1v) is 13.1. The lowest BCUT2D eigenvalue weighted by molar-refractivity contribution is 0.313. The normalized spacial score (nSPS) is 17.4. The van der Waals surface area contributed by atoms with E-state index in [9.17, 15) is 0 Å². The summed E-state index contributed by atoms with van der Waals surface area (Å²) in [4.78, 5) is 24.9. The summed E-state index contributed by atoms with van der Waals surface area (Å²) in [5.74, 6) is 0.747. The van der Waals surface area contributed by atoms with Gasteiger partial charge >= 0.3 is 0 Å². The van der Waals surface area contributed by atoms with E-state index in [4.69, 9.17) is 4.98 Å². The fourth-order valence-corrected chi connectivity index (χ4v) is 5.54. The Balaban J connectivity index is 1.20. The number of benzene rings is 1. The first-order valence-electron chi connectivity index (χ1n) is 13.1. The van der Waals surface area contributed by atoms with E-state index < -0.39 is 0 Å². The molecule has 9 heteroatoms. The molecule has 0 unspecified atom stereocenters. The van der Waals surface area contributed by atoms with E-state index in [1.54, 1.807) is 0 Å². The molecule has 1 aromatic carbocycles. The number of H-pyrrole nitrogens is 2. The SMILES string of the molecule is CN1CCN(c2ccc3[nH]c(-c4n[nH]c5ncc(-c6cncc(CN7CCCC7)c6)cc45)nc3c2)CC1. The van der Waals surface area contributed by atoms with Gasteiger partial charge in [-0.15, -0.1) is 0 Å². The van der Waals surface area contributed by atoms with E-state index in [2.05, 4.69) is 77.2 Å². The largest absolute Gasteiger partial charge is 0.369 e. The Hall–Kier alpha value is -3.82. The smallest absolute Gasteiger partial charge is 0.159 e. The van der Waals surface area contributed by atoms with Crippen LogP contribution in [0.2, 0.25) is 0 Å². The van der Waals surface area contributed by atoms with Crippen LogP contribution in [0.3, 0.4) is 0 Å². The minimum absolute atomic E-state index is 0.747. The minimum Gasteiger partial charge on any atom is -0.369 e. The van der Waals surface area contributed by atoms with Gasteiger partial charge in [0.15, 0.2) is 11.5 Å². The summed E-state index contributed by atoms with van der Waals surface area (Å²) in [7, 11) is 2.18. The number of hydrogen-bond acceptors (Lipinski definition) is 7. The number of rotatable bonds is 5. The molecular weight excluding hydrogens is 462 g/mol. The van der Waals surface area contributed by atoms with Crippen molar-refractivity contribution in [3.05, 3.63) is 54.5 Å². The van der Waals surface area contributed by atoms with Crippen molar-refractivity contribution in [2.75, 3.05) is 51.2 Å². The lowest BCUT2D eigenvalue weighted by Crippen LogP contribution is -2.44. The van der Waals surface area contributed by atoms with Crippen molar-refractivity contribution in [3.8, 4) is 22.6 Å². The number of fused-ring (bicyclic) bond motifs is 2. The summed E-state index contributed by atoms with van der Waals surface area (Å²) in [5, 5.41) is 8.61. The summed E-state index contributed by atoms with van der Waals surface area (Å²) >= 11 is 0. The van der Waals surface area contributed by atoms with Crippen LogP contribution in [0.15, 0.2) is 48.9 Å². The Kier molecular flexibility index (Phi) is 5.59. The van der Waals surface area contributed by atoms with E-state index >= 15 is 0 Å². The molecule has 0 aliphatic carbocycles. The molecule has 0 atom stereocenters. The van der Waals surface area contributed by atoms with Gasteiger partial charge in [-0.2, -0.15) is 5.10 Å². The summed E-state index contributed by atoms with van der Waals surface area (Å²) in [6.07, 6.45) is 8.35. The van der Waals surface area contributed by atoms with Crippen LogP contribution in [-0.2, 0) is 6.54 Å². The van der Waals surface area contributed by atoms with Crippen molar-refractivity contribution in [3.63, 3.8) is 0 Å². The van der Waals surface area contributed by atoms with Crippen LogP contribution >= 0.6 is 0 Å². The Bertz CT molecular complexity index is 1550. The molecule has 4 aromatic heterocycles. The Labute approximate surface area is 215 Å². The number of nitrogens with one attached hydrogen (secondary N) is 2. The van der Waals surface area contributed by atoms with Crippen LogP contribution in [0.25, 0.3) is 44.7 Å². The summed E-state index contributed by atoms with van der Waals surface area (Å²) in [5.41, 5.74) is 8.04. The molecule has 188 valence electrons. The van der Waals surface area contributed by atoms with Gasteiger partial charge in [0.1, 0.15) is 5.69 Å². The molecule has 2 saturated heterocycles. The maximum absolute atomic E-state index is 4.93. The molecule has 0 amide bonds. The van der Waals surface area contributed by atoms with Crippen molar-refractivity contribution < 1.29 is 0 Å². The Morgan fingerprint density at radius 3 is 2.59 bits per heavy atom. The monoisotopic (exact) mass is 493 g/mol. The van der Waals surface area contributed by atoms with Crippen LogP contribution < -0.4 is 4.90 Å². The van der Waals surface area contributed by atoms with Crippen LogP contribution in [0, 0.1) is 0 Å². The van der Waals surface area contributed by atoms with Gasteiger partial charge in [0.05, 0.1) is 16.4 Å². The molecule has 2 N–H and O–H groups in total. The highest BCUT2D eigenvalue weighted by molar-refractivity contribution is 5.93. The minimum atomic E-state index is 0.747. The number of aromatic nitrogens is 6. The number of nitrogens with zero attached hydrogens (tertiary/aromatic N) is 7. The third kappa shape index (κ3) is 4.34. The first kappa shape index (κ1) is 22.4. The maximum atomic E-state index is 4.93. The van der Waals surface area contributed by atoms with Crippen molar-refractivity contribution in [1.29, 1.82) is 0 Å². The van der Waals surface area contributed by atoms with Crippen molar-refractivity contribution >= 4 is 27.8 Å². The number of likely N-dealkylation sites (N-methyl/N-ethyl adjacent to an activating group) is 1. The second-order valence-corrected chi connectivity index (χ2v) is 10.3. The highest BCUT2D eigenvalue weighted by Gasteiger charge is 2.18. The predicted molar refractivity (Wildman–Crippen MR) is 146 cm³/mol. The van der Waals surface area contributed by atoms with Gasteiger partial charge in [0.25, 0.3) is 0 Å².